The molecule has 0 radical (unpaired) electrons. The zero-order chi connectivity index (χ0) is 13.3. The van der Waals surface area contributed by atoms with Crippen LogP contribution in [0.15, 0.2) is 0 Å². The summed E-state index contributed by atoms with van der Waals surface area (Å²) in [5.74, 6) is -1.11. The van der Waals surface area contributed by atoms with Gasteiger partial charge in [-0.15, -0.1) is 0 Å². The molecule has 0 aliphatic heterocycles. The van der Waals surface area contributed by atoms with Crippen molar-refractivity contribution in [2.24, 2.45) is 0 Å². The first-order valence-electron chi connectivity index (χ1n) is 6.03. The summed E-state index contributed by atoms with van der Waals surface area (Å²) in [7, 11) is -3.32. The van der Waals surface area contributed by atoms with Crippen LogP contribution < -0.4 is 0 Å². The van der Waals surface area contributed by atoms with E-state index in [4.69, 9.17) is 0 Å². The molecule has 0 saturated heterocycles. The highest BCUT2D eigenvalue weighted by molar-refractivity contribution is 7.92. The number of rotatable bonds is 9. The van der Waals surface area contributed by atoms with E-state index in [0.717, 1.165) is 19.6 Å². The molecule has 0 rings (SSSR count). The average Bonchev–Trinajstić information content (AvgIpc) is 2.24. The van der Waals surface area contributed by atoms with Crippen LogP contribution in [0, 0.1) is 0 Å². The minimum Gasteiger partial charge on any atom is -0.465 e. The van der Waals surface area contributed by atoms with Gasteiger partial charge in [0, 0.05) is 0 Å². The second kappa shape index (κ2) is 8.47. The number of ether oxygens (including phenoxy) is 1. The average molecular weight is 265 g/mol. The Morgan fingerprint density at radius 1 is 1.18 bits per heavy atom. The maximum atomic E-state index is 11.6. The molecule has 5 nitrogen and oxygen atoms in total. The Balaban J connectivity index is 3.97. The summed E-state index contributed by atoms with van der Waals surface area (Å²) in [4.78, 5) is 13.2. The Labute approximate surface area is 104 Å². The van der Waals surface area contributed by atoms with Crippen molar-refractivity contribution in [3.63, 3.8) is 0 Å². The Morgan fingerprint density at radius 2 is 1.76 bits per heavy atom. The quantitative estimate of drug-likeness (QED) is 0.574. The summed E-state index contributed by atoms with van der Waals surface area (Å²) in [6, 6.07) is 0. The van der Waals surface area contributed by atoms with Crippen LogP contribution in [-0.4, -0.2) is 57.0 Å². The third-order valence-electron chi connectivity index (χ3n) is 2.47. The van der Waals surface area contributed by atoms with Gasteiger partial charge in [0.25, 0.3) is 0 Å². The third-order valence-corrected chi connectivity index (χ3v) is 4.05. The fourth-order valence-electron chi connectivity index (χ4n) is 1.50. The predicted octanol–water partition coefficient (Wildman–Crippen LogP) is 0.696. The lowest BCUT2D eigenvalue weighted by atomic mass is 10.4. The fourth-order valence-corrected chi connectivity index (χ4v) is 2.66. The highest BCUT2D eigenvalue weighted by atomic mass is 32.2. The Bertz CT molecular complexity index is 309. The van der Waals surface area contributed by atoms with Crippen molar-refractivity contribution in [2.75, 3.05) is 37.7 Å². The molecular formula is C11H23NO4S. The first kappa shape index (κ1) is 16.4. The summed E-state index contributed by atoms with van der Waals surface area (Å²) in [6.07, 6.45) is 0.559. The van der Waals surface area contributed by atoms with Gasteiger partial charge in [-0.25, -0.2) is 8.42 Å². The molecule has 0 aromatic heterocycles. The highest BCUT2D eigenvalue weighted by Gasteiger charge is 2.17. The second-order valence-corrected chi connectivity index (χ2v) is 5.96. The molecule has 0 fully saturated rings. The molecule has 0 N–H and O–H groups in total. The number of carbonyl (C=O) groups excluding carboxylic acids is 1. The largest absolute Gasteiger partial charge is 0.465 e. The number of carbonyl (C=O) groups is 1. The molecule has 0 spiro atoms. The smallest absolute Gasteiger partial charge is 0.321 e. The lowest BCUT2D eigenvalue weighted by molar-refractivity contribution is -0.139. The van der Waals surface area contributed by atoms with E-state index in [1.54, 1.807) is 6.92 Å². The van der Waals surface area contributed by atoms with Crippen molar-refractivity contribution in [1.29, 1.82) is 0 Å². The van der Waals surface area contributed by atoms with Gasteiger partial charge < -0.3 is 9.64 Å². The predicted molar refractivity (Wildman–Crippen MR) is 67.7 cm³/mol. The van der Waals surface area contributed by atoms with E-state index >= 15 is 0 Å². The molecule has 0 amide bonds. The van der Waals surface area contributed by atoms with Gasteiger partial charge in [0.1, 0.15) is 5.75 Å². The molecule has 0 aromatic rings. The standard InChI is InChI=1S/C11H23NO4S/c1-4-12(5-2)8-7-9-17(14,15)10-11(13)16-6-3/h4-10H2,1-3H3. The van der Waals surface area contributed by atoms with Gasteiger partial charge in [0.2, 0.25) is 0 Å². The van der Waals surface area contributed by atoms with Crippen LogP contribution in [0.1, 0.15) is 27.2 Å². The molecule has 0 bridgehead atoms. The van der Waals surface area contributed by atoms with Crippen LogP contribution in [0.4, 0.5) is 0 Å². The monoisotopic (exact) mass is 265 g/mol. The molecule has 0 unspecified atom stereocenters. The van der Waals surface area contributed by atoms with E-state index in [9.17, 15) is 13.2 Å². The second-order valence-electron chi connectivity index (χ2n) is 3.78. The number of hydrogen-bond donors (Lipinski definition) is 0. The van der Waals surface area contributed by atoms with Gasteiger partial charge in [0.05, 0.1) is 12.4 Å². The maximum absolute atomic E-state index is 11.6. The molecule has 17 heavy (non-hydrogen) atoms. The zero-order valence-electron chi connectivity index (χ0n) is 10.9. The molecule has 0 aromatic carbocycles. The number of hydrogen-bond acceptors (Lipinski definition) is 5. The minimum absolute atomic E-state index is 0.0440. The maximum Gasteiger partial charge on any atom is 0.321 e. The van der Waals surface area contributed by atoms with E-state index < -0.39 is 21.6 Å². The lowest BCUT2D eigenvalue weighted by Crippen LogP contribution is -2.27. The minimum atomic E-state index is -3.32. The zero-order valence-corrected chi connectivity index (χ0v) is 11.8. The molecule has 0 aliphatic rings. The van der Waals surface area contributed by atoms with E-state index in [2.05, 4.69) is 9.64 Å². The topological polar surface area (TPSA) is 63.7 Å². The highest BCUT2D eigenvalue weighted by Crippen LogP contribution is 1.98. The Hall–Kier alpha value is -0.620. The van der Waals surface area contributed by atoms with Crippen LogP contribution >= 0.6 is 0 Å². The van der Waals surface area contributed by atoms with E-state index in [1.807, 2.05) is 13.8 Å². The van der Waals surface area contributed by atoms with Crippen LogP contribution in [-0.2, 0) is 19.4 Å². The van der Waals surface area contributed by atoms with Crippen LogP contribution in [0.2, 0.25) is 0 Å². The first-order valence-corrected chi connectivity index (χ1v) is 7.85. The van der Waals surface area contributed by atoms with Crippen molar-refractivity contribution in [3.8, 4) is 0 Å². The molecular weight excluding hydrogens is 242 g/mol. The molecule has 0 saturated carbocycles. The summed E-state index contributed by atoms with van der Waals surface area (Å²) in [5, 5.41) is 0. The van der Waals surface area contributed by atoms with Crippen LogP contribution in [0.3, 0.4) is 0 Å². The third kappa shape index (κ3) is 8.15. The number of esters is 1. The Morgan fingerprint density at radius 3 is 2.24 bits per heavy atom. The molecule has 102 valence electrons. The fraction of sp³-hybridized carbons (Fsp3) is 0.909. The number of nitrogens with zero attached hydrogens (tertiary/aromatic N) is 1. The van der Waals surface area contributed by atoms with Crippen molar-refractivity contribution in [1.82, 2.24) is 4.90 Å². The van der Waals surface area contributed by atoms with Crippen molar-refractivity contribution < 1.29 is 17.9 Å². The molecule has 6 heteroatoms. The van der Waals surface area contributed by atoms with E-state index in [0.29, 0.717) is 6.42 Å². The molecule has 0 aliphatic carbocycles. The van der Waals surface area contributed by atoms with E-state index in [-0.39, 0.29) is 12.4 Å². The first-order chi connectivity index (χ1) is 7.95. The lowest BCUT2D eigenvalue weighted by Gasteiger charge is -2.17. The van der Waals surface area contributed by atoms with E-state index in [1.165, 1.54) is 0 Å². The van der Waals surface area contributed by atoms with Gasteiger partial charge in [0.15, 0.2) is 9.84 Å². The summed E-state index contributed by atoms with van der Waals surface area (Å²) in [5.41, 5.74) is 0. The van der Waals surface area contributed by atoms with Gasteiger partial charge in [-0.05, 0) is 33.0 Å². The summed E-state index contributed by atoms with van der Waals surface area (Å²) < 4.78 is 27.7. The number of sulfone groups is 1. The van der Waals surface area contributed by atoms with Gasteiger partial charge in [-0.1, -0.05) is 13.8 Å². The molecule has 0 heterocycles. The normalized spacial score (nSPS) is 11.8. The van der Waals surface area contributed by atoms with Crippen LogP contribution in [0.25, 0.3) is 0 Å². The van der Waals surface area contributed by atoms with Crippen molar-refractivity contribution in [2.45, 2.75) is 27.2 Å². The molecule has 0 atom stereocenters. The summed E-state index contributed by atoms with van der Waals surface area (Å²) in [6.45, 7) is 8.52. The SMILES string of the molecule is CCOC(=O)CS(=O)(=O)CCCN(CC)CC. The summed E-state index contributed by atoms with van der Waals surface area (Å²) >= 11 is 0. The van der Waals surface area contributed by atoms with Crippen LogP contribution in [0.5, 0.6) is 0 Å². The Kier molecular flexibility index (Phi) is 8.16. The van der Waals surface area contributed by atoms with Gasteiger partial charge >= 0.3 is 5.97 Å². The van der Waals surface area contributed by atoms with Crippen molar-refractivity contribution in [3.05, 3.63) is 0 Å². The van der Waals surface area contributed by atoms with Gasteiger partial charge in [-0.3, -0.25) is 4.79 Å². The van der Waals surface area contributed by atoms with Gasteiger partial charge in [-0.2, -0.15) is 0 Å². The van der Waals surface area contributed by atoms with Crippen molar-refractivity contribution >= 4 is 15.8 Å².